The van der Waals surface area contributed by atoms with Gasteiger partial charge in [0.15, 0.2) is 0 Å². The highest BCUT2D eigenvalue weighted by Crippen LogP contribution is 2.34. The molecule has 0 unspecified atom stereocenters. The van der Waals surface area contributed by atoms with Crippen LogP contribution < -0.4 is 5.32 Å². The lowest BCUT2D eigenvalue weighted by atomic mass is 9.84. The Labute approximate surface area is 119 Å². The SMILES string of the molecule is CNC(=O)N(C)[C@@](C)(c1ccccc1)c1ccncc1. The van der Waals surface area contributed by atoms with Gasteiger partial charge in [0.2, 0.25) is 0 Å². The van der Waals surface area contributed by atoms with E-state index < -0.39 is 5.54 Å². The predicted molar refractivity (Wildman–Crippen MR) is 79.4 cm³/mol. The number of pyridine rings is 1. The van der Waals surface area contributed by atoms with E-state index in [0.717, 1.165) is 11.1 Å². The van der Waals surface area contributed by atoms with E-state index in [1.165, 1.54) is 0 Å². The minimum atomic E-state index is -0.551. The lowest BCUT2D eigenvalue weighted by Crippen LogP contribution is -2.49. The van der Waals surface area contributed by atoms with Gasteiger partial charge in [-0.05, 0) is 30.2 Å². The van der Waals surface area contributed by atoms with E-state index in [-0.39, 0.29) is 6.03 Å². The topological polar surface area (TPSA) is 45.2 Å². The van der Waals surface area contributed by atoms with E-state index in [2.05, 4.69) is 10.3 Å². The van der Waals surface area contributed by atoms with Crippen LogP contribution in [0.15, 0.2) is 54.9 Å². The van der Waals surface area contributed by atoms with Gasteiger partial charge >= 0.3 is 6.03 Å². The molecule has 20 heavy (non-hydrogen) atoms. The molecule has 2 amide bonds. The Kier molecular flexibility index (Phi) is 4.03. The lowest BCUT2D eigenvalue weighted by Gasteiger charge is -2.39. The number of rotatable bonds is 3. The monoisotopic (exact) mass is 269 g/mol. The Bertz CT molecular complexity index is 529. The van der Waals surface area contributed by atoms with Crippen molar-refractivity contribution >= 4 is 6.03 Å². The molecule has 4 nitrogen and oxygen atoms in total. The highest BCUT2D eigenvalue weighted by atomic mass is 16.2. The van der Waals surface area contributed by atoms with E-state index in [0.29, 0.717) is 0 Å². The average Bonchev–Trinajstić information content (AvgIpc) is 2.54. The summed E-state index contributed by atoms with van der Waals surface area (Å²) in [4.78, 5) is 17.9. The first-order valence-electron chi connectivity index (χ1n) is 6.52. The first-order chi connectivity index (χ1) is 9.60. The van der Waals surface area contributed by atoms with Crippen LogP contribution >= 0.6 is 0 Å². The summed E-state index contributed by atoms with van der Waals surface area (Å²) in [5, 5.41) is 2.68. The molecule has 104 valence electrons. The van der Waals surface area contributed by atoms with E-state index in [1.807, 2.05) is 49.4 Å². The number of amides is 2. The molecule has 1 heterocycles. The number of benzene rings is 1. The summed E-state index contributed by atoms with van der Waals surface area (Å²) in [6.45, 7) is 2.03. The van der Waals surface area contributed by atoms with Crippen LogP contribution in [-0.4, -0.2) is 30.0 Å². The quantitative estimate of drug-likeness (QED) is 0.931. The molecule has 0 saturated carbocycles. The Morgan fingerprint density at radius 3 is 2.20 bits per heavy atom. The van der Waals surface area contributed by atoms with Crippen molar-refractivity contribution < 1.29 is 4.79 Å². The third-order valence-electron chi connectivity index (χ3n) is 3.77. The van der Waals surface area contributed by atoms with E-state index >= 15 is 0 Å². The number of carbonyl (C=O) groups excluding carboxylic acids is 1. The number of carbonyl (C=O) groups is 1. The van der Waals surface area contributed by atoms with Crippen molar-refractivity contribution in [2.45, 2.75) is 12.5 Å². The van der Waals surface area contributed by atoms with Crippen molar-refractivity contribution in [2.24, 2.45) is 0 Å². The number of nitrogens with zero attached hydrogens (tertiary/aromatic N) is 2. The van der Waals surface area contributed by atoms with Crippen molar-refractivity contribution in [2.75, 3.05) is 14.1 Å². The van der Waals surface area contributed by atoms with Gasteiger partial charge in [-0.15, -0.1) is 0 Å². The van der Waals surface area contributed by atoms with Gasteiger partial charge in [0.1, 0.15) is 0 Å². The van der Waals surface area contributed by atoms with Crippen molar-refractivity contribution in [3.05, 3.63) is 66.0 Å². The van der Waals surface area contributed by atoms with Crippen LogP contribution in [0.1, 0.15) is 18.1 Å². The van der Waals surface area contributed by atoms with Crippen molar-refractivity contribution in [3.8, 4) is 0 Å². The van der Waals surface area contributed by atoms with Crippen molar-refractivity contribution in [3.63, 3.8) is 0 Å². The summed E-state index contributed by atoms with van der Waals surface area (Å²) in [7, 11) is 3.43. The summed E-state index contributed by atoms with van der Waals surface area (Å²) in [6, 6.07) is 13.7. The number of hydrogen-bond donors (Lipinski definition) is 1. The molecule has 2 aromatic rings. The predicted octanol–water partition coefficient (Wildman–Crippen LogP) is 2.62. The molecular weight excluding hydrogens is 250 g/mol. The molecule has 0 bridgehead atoms. The highest BCUT2D eigenvalue weighted by Gasteiger charge is 2.35. The van der Waals surface area contributed by atoms with Gasteiger partial charge in [-0.25, -0.2) is 4.79 Å². The molecule has 2 rings (SSSR count). The fraction of sp³-hybridized carbons (Fsp3) is 0.250. The van der Waals surface area contributed by atoms with Gasteiger partial charge in [0.25, 0.3) is 0 Å². The van der Waals surface area contributed by atoms with Crippen LogP contribution in [0, 0.1) is 0 Å². The molecule has 1 atom stereocenters. The maximum absolute atomic E-state index is 12.1. The lowest BCUT2D eigenvalue weighted by molar-refractivity contribution is 0.168. The second kappa shape index (κ2) is 5.74. The van der Waals surface area contributed by atoms with Crippen LogP contribution in [0.4, 0.5) is 4.79 Å². The van der Waals surface area contributed by atoms with Crippen LogP contribution in [0.25, 0.3) is 0 Å². The van der Waals surface area contributed by atoms with Gasteiger partial charge in [0, 0.05) is 26.5 Å². The molecule has 1 N–H and O–H groups in total. The van der Waals surface area contributed by atoms with Crippen LogP contribution in [-0.2, 0) is 5.54 Å². The average molecular weight is 269 g/mol. The largest absolute Gasteiger partial charge is 0.341 e. The number of aromatic nitrogens is 1. The second-order valence-electron chi connectivity index (χ2n) is 4.79. The Balaban J connectivity index is 2.58. The molecule has 0 aliphatic heterocycles. The maximum atomic E-state index is 12.1. The molecule has 1 aromatic carbocycles. The minimum Gasteiger partial charge on any atom is -0.341 e. The summed E-state index contributed by atoms with van der Waals surface area (Å²) in [5.74, 6) is 0. The smallest absolute Gasteiger partial charge is 0.317 e. The van der Waals surface area contributed by atoms with Gasteiger partial charge in [-0.3, -0.25) is 4.98 Å². The Morgan fingerprint density at radius 2 is 1.65 bits per heavy atom. The summed E-state index contributed by atoms with van der Waals surface area (Å²) >= 11 is 0. The fourth-order valence-corrected chi connectivity index (χ4v) is 2.36. The highest BCUT2D eigenvalue weighted by molar-refractivity contribution is 5.75. The molecule has 1 aromatic heterocycles. The van der Waals surface area contributed by atoms with Gasteiger partial charge < -0.3 is 10.2 Å². The van der Waals surface area contributed by atoms with Gasteiger partial charge in [-0.1, -0.05) is 30.3 Å². The molecule has 0 aliphatic carbocycles. The zero-order valence-corrected chi connectivity index (χ0v) is 12.0. The first-order valence-corrected chi connectivity index (χ1v) is 6.52. The normalized spacial score (nSPS) is 13.3. The van der Waals surface area contributed by atoms with Crippen LogP contribution in [0.2, 0.25) is 0 Å². The molecule has 0 radical (unpaired) electrons. The van der Waals surface area contributed by atoms with Crippen LogP contribution in [0.5, 0.6) is 0 Å². The van der Waals surface area contributed by atoms with Crippen molar-refractivity contribution in [1.82, 2.24) is 15.2 Å². The number of hydrogen-bond acceptors (Lipinski definition) is 2. The Morgan fingerprint density at radius 1 is 1.10 bits per heavy atom. The third kappa shape index (κ3) is 2.37. The standard InChI is InChI=1S/C16H19N3O/c1-16(19(3)15(20)17-2,13-7-5-4-6-8-13)14-9-11-18-12-10-14/h4-12H,1-3H3,(H,17,20)/t16-/m0/s1. The molecule has 0 spiro atoms. The van der Waals surface area contributed by atoms with E-state index in [4.69, 9.17) is 0 Å². The molecule has 0 fully saturated rings. The van der Waals surface area contributed by atoms with E-state index in [1.54, 1.807) is 31.4 Å². The summed E-state index contributed by atoms with van der Waals surface area (Å²) in [6.07, 6.45) is 3.49. The molecule has 0 saturated heterocycles. The Hall–Kier alpha value is -2.36. The minimum absolute atomic E-state index is 0.131. The van der Waals surface area contributed by atoms with Crippen LogP contribution in [0.3, 0.4) is 0 Å². The first kappa shape index (κ1) is 14.1. The third-order valence-corrected chi connectivity index (χ3v) is 3.77. The molecular formula is C16H19N3O. The van der Waals surface area contributed by atoms with E-state index in [9.17, 15) is 4.79 Å². The fourth-order valence-electron chi connectivity index (χ4n) is 2.36. The van der Waals surface area contributed by atoms with Gasteiger partial charge in [-0.2, -0.15) is 0 Å². The molecule has 0 aliphatic rings. The zero-order valence-electron chi connectivity index (χ0n) is 12.0. The summed E-state index contributed by atoms with van der Waals surface area (Å²) in [5.41, 5.74) is 1.52. The van der Waals surface area contributed by atoms with Crippen molar-refractivity contribution in [1.29, 1.82) is 0 Å². The zero-order chi connectivity index (χ0) is 14.6. The number of urea groups is 1. The molecule has 4 heteroatoms. The second-order valence-corrected chi connectivity index (χ2v) is 4.79. The summed E-state index contributed by atoms with van der Waals surface area (Å²) < 4.78 is 0. The maximum Gasteiger partial charge on any atom is 0.317 e. The van der Waals surface area contributed by atoms with Gasteiger partial charge in [0.05, 0.1) is 5.54 Å². The number of nitrogens with one attached hydrogen (secondary N) is 1.